The third kappa shape index (κ3) is 4.97. The molecule has 1 fully saturated rings. The maximum absolute atomic E-state index is 12.7. The largest absolute Gasteiger partial charge is 0.495 e. The van der Waals surface area contributed by atoms with Crippen molar-refractivity contribution < 1.29 is 9.53 Å². The smallest absolute Gasteiger partial charge is 0.251 e. The highest BCUT2D eigenvalue weighted by atomic mass is 16.5. The van der Waals surface area contributed by atoms with Crippen LogP contribution in [0.3, 0.4) is 0 Å². The van der Waals surface area contributed by atoms with Gasteiger partial charge in [0.1, 0.15) is 5.75 Å². The summed E-state index contributed by atoms with van der Waals surface area (Å²) in [5, 5.41) is 6.31. The molecule has 9 heteroatoms. The summed E-state index contributed by atoms with van der Waals surface area (Å²) in [6.45, 7) is 3.77. The molecule has 3 aromatic rings. The third-order valence-corrected chi connectivity index (χ3v) is 7.06. The number of carbonyl (C=O) groups is 1. The van der Waals surface area contributed by atoms with Crippen molar-refractivity contribution in [3.63, 3.8) is 0 Å². The predicted molar refractivity (Wildman–Crippen MR) is 150 cm³/mol. The molecule has 1 saturated heterocycles. The first-order chi connectivity index (χ1) is 18.4. The van der Waals surface area contributed by atoms with E-state index in [1.807, 2.05) is 25.4 Å². The van der Waals surface area contributed by atoms with Crippen molar-refractivity contribution in [1.29, 1.82) is 0 Å². The number of fused-ring (bicyclic) bond motifs is 1. The van der Waals surface area contributed by atoms with Gasteiger partial charge in [0, 0.05) is 48.7 Å². The Kier molecular flexibility index (Phi) is 7.11. The molecule has 0 unspecified atom stereocenters. The quantitative estimate of drug-likeness (QED) is 0.417. The lowest BCUT2D eigenvalue weighted by molar-refractivity contribution is 0.0857. The maximum Gasteiger partial charge on any atom is 0.251 e. The second-order valence-electron chi connectivity index (χ2n) is 9.79. The number of nitrogens with two attached hydrogens (primary N) is 1. The van der Waals surface area contributed by atoms with Crippen LogP contribution in [0.4, 0.5) is 11.6 Å². The molecule has 1 amide bonds. The number of rotatable bonds is 7. The lowest BCUT2D eigenvalue weighted by atomic mass is 9.87. The van der Waals surface area contributed by atoms with Crippen LogP contribution in [0, 0.1) is 6.92 Å². The van der Waals surface area contributed by atoms with Crippen molar-refractivity contribution >= 4 is 28.8 Å². The number of aromatic nitrogens is 2. The zero-order valence-corrected chi connectivity index (χ0v) is 22.2. The summed E-state index contributed by atoms with van der Waals surface area (Å²) >= 11 is 0. The minimum absolute atomic E-state index is 0.120. The number of amides is 1. The van der Waals surface area contributed by atoms with Gasteiger partial charge in [0.15, 0.2) is 0 Å². The Hall–Kier alpha value is -4.24. The van der Waals surface area contributed by atoms with Gasteiger partial charge < -0.3 is 26.0 Å². The predicted octanol–water partition coefficient (Wildman–Crippen LogP) is 3.32. The van der Waals surface area contributed by atoms with E-state index >= 15 is 0 Å². The van der Waals surface area contributed by atoms with E-state index in [0.29, 0.717) is 22.9 Å². The number of aryl methyl sites for hydroxylation is 2. The molecule has 9 nitrogen and oxygen atoms in total. The first kappa shape index (κ1) is 25.4. The van der Waals surface area contributed by atoms with Crippen molar-refractivity contribution in [2.45, 2.75) is 25.8 Å². The van der Waals surface area contributed by atoms with Crippen LogP contribution in [-0.4, -0.2) is 66.8 Å². The van der Waals surface area contributed by atoms with Gasteiger partial charge in [-0.1, -0.05) is 24.3 Å². The average molecular weight is 512 g/mol. The van der Waals surface area contributed by atoms with E-state index in [9.17, 15) is 4.79 Å². The van der Waals surface area contributed by atoms with Gasteiger partial charge in [-0.15, -0.1) is 0 Å². The molecule has 0 saturated carbocycles. The van der Waals surface area contributed by atoms with Gasteiger partial charge in [-0.3, -0.25) is 9.79 Å². The minimum Gasteiger partial charge on any atom is -0.495 e. The molecule has 1 aliphatic carbocycles. The number of nitrogens with one attached hydrogen (secondary N) is 2. The molecule has 196 valence electrons. The molecule has 0 atom stereocenters. The van der Waals surface area contributed by atoms with Crippen LogP contribution in [0.25, 0.3) is 5.57 Å². The number of likely N-dealkylation sites (N-methyl/N-ethyl adjacent to an activating group) is 1. The fourth-order valence-corrected chi connectivity index (χ4v) is 5.00. The molecular weight excluding hydrogens is 478 g/mol. The number of ether oxygens (including phenoxy) is 1. The molecule has 38 heavy (non-hydrogen) atoms. The Balaban J connectivity index is 1.43. The second-order valence-corrected chi connectivity index (χ2v) is 9.79. The molecule has 1 aliphatic heterocycles. The van der Waals surface area contributed by atoms with Crippen LogP contribution in [0.2, 0.25) is 0 Å². The van der Waals surface area contributed by atoms with Gasteiger partial charge in [-0.05, 0) is 56.1 Å². The zero-order chi connectivity index (χ0) is 26.8. The Bertz CT molecular complexity index is 1440. The molecule has 2 aromatic carbocycles. The zero-order valence-electron chi connectivity index (χ0n) is 22.2. The summed E-state index contributed by atoms with van der Waals surface area (Å²) in [7, 11) is 5.38. The first-order valence-electron chi connectivity index (χ1n) is 12.7. The lowest BCUT2D eigenvalue weighted by Crippen LogP contribution is -2.57. The van der Waals surface area contributed by atoms with Crippen molar-refractivity contribution in [3.8, 4) is 5.75 Å². The molecule has 0 bridgehead atoms. The van der Waals surface area contributed by atoms with E-state index in [4.69, 9.17) is 15.5 Å². The normalized spacial score (nSPS) is 16.1. The van der Waals surface area contributed by atoms with Crippen molar-refractivity contribution in [3.05, 3.63) is 82.3 Å². The molecule has 0 spiro atoms. The minimum atomic E-state index is -0.120. The van der Waals surface area contributed by atoms with Gasteiger partial charge in [0.2, 0.25) is 5.95 Å². The number of likely N-dealkylation sites (tertiary alicyclic amines) is 1. The number of nitrogens with zero attached hydrogens (tertiary/aromatic N) is 4. The average Bonchev–Trinajstić information content (AvgIpc) is 2.90. The summed E-state index contributed by atoms with van der Waals surface area (Å²) in [4.78, 5) is 28.9. The molecule has 4 N–H and O–H groups in total. The van der Waals surface area contributed by atoms with Crippen LogP contribution in [0.5, 0.6) is 5.75 Å². The van der Waals surface area contributed by atoms with Crippen molar-refractivity contribution in [2.24, 2.45) is 10.7 Å². The van der Waals surface area contributed by atoms with Gasteiger partial charge in [-0.25, -0.2) is 9.97 Å². The van der Waals surface area contributed by atoms with Crippen LogP contribution >= 0.6 is 0 Å². The number of benzene rings is 2. The van der Waals surface area contributed by atoms with Crippen LogP contribution in [0.1, 0.15) is 39.2 Å². The lowest BCUT2D eigenvalue weighted by Gasteiger charge is -2.36. The van der Waals surface area contributed by atoms with E-state index in [2.05, 4.69) is 44.6 Å². The topological polar surface area (TPSA) is 118 Å². The molecule has 0 radical (unpaired) electrons. The summed E-state index contributed by atoms with van der Waals surface area (Å²) in [6, 6.07) is 13.6. The van der Waals surface area contributed by atoms with Gasteiger partial charge in [0.05, 0.1) is 30.2 Å². The number of hydrogen-bond acceptors (Lipinski definition) is 8. The van der Waals surface area contributed by atoms with E-state index in [1.54, 1.807) is 32.4 Å². The first-order valence-corrected chi connectivity index (χ1v) is 12.7. The second kappa shape index (κ2) is 10.6. The molecular formula is C29H33N7O2. The Morgan fingerprint density at radius 2 is 1.97 bits per heavy atom. The van der Waals surface area contributed by atoms with Gasteiger partial charge in [0.25, 0.3) is 5.91 Å². The maximum atomic E-state index is 12.7. The van der Waals surface area contributed by atoms with Gasteiger partial charge >= 0.3 is 0 Å². The van der Waals surface area contributed by atoms with Gasteiger partial charge in [-0.2, -0.15) is 0 Å². The van der Waals surface area contributed by atoms with Crippen molar-refractivity contribution in [2.75, 3.05) is 39.6 Å². The van der Waals surface area contributed by atoms with Crippen molar-refractivity contribution in [1.82, 2.24) is 20.2 Å². The molecule has 5 rings (SSSR count). The molecule has 1 aromatic heterocycles. The standard InChI is InChI=1S/C29H33N7O2/c1-17-7-5-6-8-21(17)27(31-2)25-22(30)11-9-19-14-32-29(35-26(19)25)34-23-12-10-18(13-24(23)38-4)28(37)33-20-15-36(3)16-20/h5-8,10,12-14,20H,9,11,15-16,30H2,1-4H3,(H,33,37)(H,32,34,35). The number of aliphatic imine (C=N–C) groups is 1. The number of anilines is 2. The summed E-state index contributed by atoms with van der Waals surface area (Å²) < 4.78 is 5.59. The number of allylic oxidation sites excluding steroid dienone is 2. The number of hydrogen-bond donors (Lipinski definition) is 3. The van der Waals surface area contributed by atoms with E-state index < -0.39 is 0 Å². The molecule has 2 aliphatic rings. The summed E-state index contributed by atoms with van der Waals surface area (Å²) in [6.07, 6.45) is 3.32. The van der Waals surface area contributed by atoms with Crippen LogP contribution < -0.4 is 21.1 Å². The van der Waals surface area contributed by atoms with E-state index in [0.717, 1.165) is 65.3 Å². The highest BCUT2D eigenvalue weighted by Crippen LogP contribution is 2.33. The Morgan fingerprint density at radius 3 is 2.68 bits per heavy atom. The van der Waals surface area contributed by atoms with Crippen LogP contribution in [-0.2, 0) is 6.42 Å². The number of carbonyl (C=O) groups excluding carboxylic acids is 1. The fraction of sp³-hybridized carbons (Fsp3) is 0.310. The number of methoxy groups -OCH3 is 1. The SMILES string of the molecule is CN=C(C1=C(N)CCc2cnc(Nc3ccc(C(=O)NC4CN(C)C4)cc3OC)nc21)c1ccccc1C. The highest BCUT2D eigenvalue weighted by Gasteiger charge is 2.27. The van der Waals surface area contributed by atoms with E-state index in [-0.39, 0.29) is 11.9 Å². The summed E-state index contributed by atoms with van der Waals surface area (Å²) in [5.74, 6) is 0.811. The fourth-order valence-electron chi connectivity index (χ4n) is 5.00. The highest BCUT2D eigenvalue weighted by molar-refractivity contribution is 6.33. The monoisotopic (exact) mass is 511 g/mol. The Labute approximate surface area is 222 Å². The van der Waals surface area contributed by atoms with E-state index in [1.165, 1.54) is 0 Å². The van der Waals surface area contributed by atoms with Crippen LogP contribution in [0.15, 0.2) is 59.4 Å². The Morgan fingerprint density at radius 1 is 1.18 bits per heavy atom. The summed E-state index contributed by atoms with van der Waals surface area (Å²) in [5.41, 5.74) is 14.1. The molecule has 2 heterocycles. The third-order valence-electron chi connectivity index (χ3n) is 7.06.